The van der Waals surface area contributed by atoms with Crippen molar-refractivity contribution >= 4 is 5.91 Å². The fourth-order valence-corrected chi connectivity index (χ4v) is 2.56. The second-order valence-corrected chi connectivity index (χ2v) is 5.17. The van der Waals surface area contributed by atoms with Crippen LogP contribution in [0.25, 0.3) is 0 Å². The molecule has 0 radical (unpaired) electrons. The van der Waals surface area contributed by atoms with E-state index in [0.717, 1.165) is 19.3 Å². The topological polar surface area (TPSA) is 49.8 Å². The zero-order chi connectivity index (χ0) is 14.2. The van der Waals surface area contributed by atoms with Crippen molar-refractivity contribution in [1.29, 1.82) is 0 Å². The molecule has 1 heterocycles. The van der Waals surface area contributed by atoms with Gasteiger partial charge in [-0.15, -0.1) is 0 Å². The summed E-state index contributed by atoms with van der Waals surface area (Å²) in [6, 6.07) is 10.1. The molecule has 1 aromatic rings. The Bertz CT molecular complexity index is 401. The van der Waals surface area contributed by atoms with Crippen LogP contribution in [0.4, 0.5) is 0 Å². The van der Waals surface area contributed by atoms with E-state index in [2.05, 4.69) is 12.1 Å². The number of hydrogen-bond acceptors (Lipinski definition) is 3. The Morgan fingerprint density at radius 3 is 2.55 bits per heavy atom. The molecule has 1 aliphatic heterocycles. The van der Waals surface area contributed by atoms with Crippen LogP contribution in [0.3, 0.4) is 0 Å². The van der Waals surface area contributed by atoms with E-state index in [9.17, 15) is 4.79 Å². The third kappa shape index (κ3) is 4.32. The molecule has 0 unspecified atom stereocenters. The smallest absolute Gasteiger partial charge is 0.225 e. The van der Waals surface area contributed by atoms with Gasteiger partial charge in [0.15, 0.2) is 0 Å². The maximum Gasteiger partial charge on any atom is 0.225 e. The highest BCUT2D eigenvalue weighted by Gasteiger charge is 2.25. The third-order valence-corrected chi connectivity index (χ3v) is 3.77. The highest BCUT2D eigenvalue weighted by Crippen LogP contribution is 2.18. The second kappa shape index (κ2) is 8.02. The summed E-state index contributed by atoms with van der Waals surface area (Å²) in [5, 5.41) is 9.16. The largest absolute Gasteiger partial charge is 0.395 e. The molecule has 4 nitrogen and oxygen atoms in total. The van der Waals surface area contributed by atoms with Gasteiger partial charge in [-0.2, -0.15) is 0 Å². The first-order chi connectivity index (χ1) is 9.81. The Morgan fingerprint density at radius 2 is 1.90 bits per heavy atom. The van der Waals surface area contributed by atoms with E-state index in [1.54, 1.807) is 4.90 Å². The van der Waals surface area contributed by atoms with Gasteiger partial charge in [-0.25, -0.2) is 0 Å². The van der Waals surface area contributed by atoms with Crippen LogP contribution in [0.2, 0.25) is 0 Å². The Labute approximate surface area is 120 Å². The van der Waals surface area contributed by atoms with Crippen LogP contribution < -0.4 is 0 Å². The molecule has 0 saturated carbocycles. The molecule has 2 rings (SSSR count). The number of carbonyl (C=O) groups is 1. The summed E-state index contributed by atoms with van der Waals surface area (Å²) >= 11 is 0. The molecule has 1 amide bonds. The molecule has 0 spiro atoms. The quantitative estimate of drug-likeness (QED) is 0.857. The Morgan fingerprint density at radius 1 is 1.20 bits per heavy atom. The summed E-state index contributed by atoms with van der Waals surface area (Å²) in [6.07, 6.45) is 2.42. The van der Waals surface area contributed by atoms with E-state index in [0.29, 0.717) is 26.3 Å². The van der Waals surface area contributed by atoms with Crippen LogP contribution in [0.5, 0.6) is 0 Å². The van der Waals surface area contributed by atoms with Crippen LogP contribution in [0, 0.1) is 5.92 Å². The molecule has 0 aromatic heterocycles. The van der Waals surface area contributed by atoms with Crippen molar-refractivity contribution in [2.45, 2.75) is 19.3 Å². The van der Waals surface area contributed by atoms with Crippen molar-refractivity contribution in [3.8, 4) is 0 Å². The highest BCUT2D eigenvalue weighted by molar-refractivity contribution is 5.79. The normalized spacial score (nSPS) is 16.1. The lowest BCUT2D eigenvalue weighted by atomic mass is 9.98. The third-order valence-electron chi connectivity index (χ3n) is 3.77. The van der Waals surface area contributed by atoms with Gasteiger partial charge in [0, 0.05) is 32.2 Å². The lowest BCUT2D eigenvalue weighted by molar-refractivity contribution is -0.139. The van der Waals surface area contributed by atoms with E-state index in [-0.39, 0.29) is 18.4 Å². The van der Waals surface area contributed by atoms with Crippen molar-refractivity contribution in [2.75, 3.05) is 32.9 Å². The van der Waals surface area contributed by atoms with Crippen molar-refractivity contribution in [2.24, 2.45) is 5.92 Å². The standard InChI is InChI=1S/C16H23NO3/c18-11-10-17(9-6-14-4-2-1-3-5-14)16(19)15-7-12-20-13-8-15/h1-5,15,18H,6-13H2. The summed E-state index contributed by atoms with van der Waals surface area (Å²) in [4.78, 5) is 14.3. The first kappa shape index (κ1) is 15.0. The predicted molar refractivity (Wildman–Crippen MR) is 77.4 cm³/mol. The molecule has 4 heteroatoms. The zero-order valence-electron chi connectivity index (χ0n) is 11.8. The Balaban J connectivity index is 1.90. The minimum atomic E-state index is 0.0176. The molecule has 1 saturated heterocycles. The number of carbonyl (C=O) groups excluding carboxylic acids is 1. The Kier molecular flexibility index (Phi) is 6.02. The van der Waals surface area contributed by atoms with Crippen LogP contribution in [0.15, 0.2) is 30.3 Å². The summed E-state index contributed by atoms with van der Waals surface area (Å²) in [6.45, 7) is 2.44. The summed E-state index contributed by atoms with van der Waals surface area (Å²) in [5.74, 6) is 0.226. The zero-order valence-corrected chi connectivity index (χ0v) is 11.8. The van der Waals surface area contributed by atoms with Crippen LogP contribution in [-0.4, -0.2) is 48.8 Å². The lowest BCUT2D eigenvalue weighted by Gasteiger charge is -2.29. The number of ether oxygens (including phenoxy) is 1. The number of rotatable bonds is 6. The second-order valence-electron chi connectivity index (χ2n) is 5.17. The van der Waals surface area contributed by atoms with E-state index >= 15 is 0 Å². The monoisotopic (exact) mass is 277 g/mol. The van der Waals surface area contributed by atoms with Crippen molar-refractivity contribution in [1.82, 2.24) is 4.90 Å². The molecular weight excluding hydrogens is 254 g/mol. The van der Waals surface area contributed by atoms with Gasteiger partial charge in [0.2, 0.25) is 5.91 Å². The summed E-state index contributed by atoms with van der Waals surface area (Å²) < 4.78 is 5.30. The number of aliphatic hydroxyl groups is 1. The predicted octanol–water partition coefficient (Wildman–Crippen LogP) is 1.48. The first-order valence-electron chi connectivity index (χ1n) is 7.32. The number of amides is 1. The minimum absolute atomic E-state index is 0.0176. The van der Waals surface area contributed by atoms with Gasteiger partial charge in [-0.05, 0) is 24.8 Å². The van der Waals surface area contributed by atoms with Crippen LogP contribution in [-0.2, 0) is 16.0 Å². The van der Waals surface area contributed by atoms with E-state index in [4.69, 9.17) is 9.84 Å². The molecule has 1 aromatic carbocycles. The van der Waals surface area contributed by atoms with Gasteiger partial charge >= 0.3 is 0 Å². The average molecular weight is 277 g/mol. The van der Waals surface area contributed by atoms with Gasteiger partial charge in [0.1, 0.15) is 0 Å². The fraction of sp³-hybridized carbons (Fsp3) is 0.562. The van der Waals surface area contributed by atoms with E-state index in [1.165, 1.54) is 5.56 Å². The molecule has 0 aliphatic carbocycles. The van der Waals surface area contributed by atoms with Gasteiger partial charge in [-0.1, -0.05) is 30.3 Å². The van der Waals surface area contributed by atoms with Crippen LogP contribution >= 0.6 is 0 Å². The SMILES string of the molecule is O=C(C1CCOCC1)N(CCO)CCc1ccccc1. The van der Waals surface area contributed by atoms with Crippen molar-refractivity contribution in [3.63, 3.8) is 0 Å². The first-order valence-corrected chi connectivity index (χ1v) is 7.32. The summed E-state index contributed by atoms with van der Waals surface area (Å²) in [7, 11) is 0. The van der Waals surface area contributed by atoms with Gasteiger partial charge in [0.25, 0.3) is 0 Å². The van der Waals surface area contributed by atoms with Crippen LogP contribution in [0.1, 0.15) is 18.4 Å². The van der Waals surface area contributed by atoms with Gasteiger partial charge < -0.3 is 14.7 Å². The minimum Gasteiger partial charge on any atom is -0.395 e. The molecule has 1 N–H and O–H groups in total. The van der Waals surface area contributed by atoms with E-state index < -0.39 is 0 Å². The molecule has 0 atom stereocenters. The molecule has 110 valence electrons. The molecule has 1 aliphatic rings. The Hall–Kier alpha value is -1.39. The maximum atomic E-state index is 12.5. The lowest BCUT2D eigenvalue weighted by Crippen LogP contribution is -2.41. The molecule has 20 heavy (non-hydrogen) atoms. The fourth-order valence-electron chi connectivity index (χ4n) is 2.56. The summed E-state index contributed by atoms with van der Waals surface area (Å²) in [5.41, 5.74) is 1.22. The highest BCUT2D eigenvalue weighted by atomic mass is 16.5. The van der Waals surface area contributed by atoms with Gasteiger partial charge in [0.05, 0.1) is 6.61 Å². The maximum absolute atomic E-state index is 12.5. The van der Waals surface area contributed by atoms with Crippen molar-refractivity contribution in [3.05, 3.63) is 35.9 Å². The number of benzene rings is 1. The number of aliphatic hydroxyl groups excluding tert-OH is 1. The number of nitrogens with zero attached hydrogens (tertiary/aromatic N) is 1. The van der Waals surface area contributed by atoms with Crippen molar-refractivity contribution < 1.29 is 14.6 Å². The van der Waals surface area contributed by atoms with E-state index in [1.807, 2.05) is 18.2 Å². The molecule has 1 fully saturated rings. The average Bonchev–Trinajstić information content (AvgIpc) is 2.52. The molecular formula is C16H23NO3. The molecule has 0 bridgehead atoms. The number of hydrogen-bond donors (Lipinski definition) is 1. The van der Waals surface area contributed by atoms with Gasteiger partial charge in [-0.3, -0.25) is 4.79 Å².